The van der Waals surface area contributed by atoms with Crippen molar-refractivity contribution in [2.45, 2.75) is 13.8 Å². The zero-order valence-corrected chi connectivity index (χ0v) is 13.1. The maximum atomic E-state index is 12.6. The van der Waals surface area contributed by atoms with Crippen molar-refractivity contribution in [1.29, 1.82) is 0 Å². The lowest BCUT2D eigenvalue weighted by molar-refractivity contribution is -0.130. The molecule has 1 aliphatic heterocycles. The molecular formula is C14H21N5O3. The average molecular weight is 307 g/mol. The van der Waals surface area contributed by atoms with E-state index in [1.165, 1.54) is 6.92 Å². The molecule has 1 aromatic heterocycles. The predicted molar refractivity (Wildman–Crippen MR) is 78.8 cm³/mol. The number of amides is 3. The number of primary amides is 1. The maximum Gasteiger partial charge on any atom is 0.257 e. The Morgan fingerprint density at radius 3 is 2.32 bits per heavy atom. The summed E-state index contributed by atoms with van der Waals surface area (Å²) in [4.78, 5) is 38.9. The van der Waals surface area contributed by atoms with Crippen molar-refractivity contribution < 1.29 is 14.4 Å². The van der Waals surface area contributed by atoms with Crippen LogP contribution in [0.25, 0.3) is 0 Å². The summed E-state index contributed by atoms with van der Waals surface area (Å²) in [5.41, 5.74) is 6.54. The summed E-state index contributed by atoms with van der Waals surface area (Å²) in [6.45, 7) is 4.44. The first-order valence-electron chi connectivity index (χ1n) is 7.14. The normalized spacial score (nSPS) is 19.0. The minimum Gasteiger partial charge on any atom is -0.369 e. The van der Waals surface area contributed by atoms with Crippen molar-refractivity contribution >= 4 is 17.7 Å². The van der Waals surface area contributed by atoms with Crippen LogP contribution < -0.4 is 5.73 Å². The van der Waals surface area contributed by atoms with Crippen molar-refractivity contribution in [3.8, 4) is 0 Å². The van der Waals surface area contributed by atoms with Crippen LogP contribution in [0.1, 0.15) is 23.0 Å². The molecule has 2 N–H and O–H groups in total. The van der Waals surface area contributed by atoms with Crippen LogP contribution in [-0.2, 0) is 16.6 Å². The maximum absolute atomic E-state index is 12.6. The van der Waals surface area contributed by atoms with Gasteiger partial charge in [0.2, 0.25) is 11.8 Å². The van der Waals surface area contributed by atoms with Crippen molar-refractivity contribution in [2.24, 2.45) is 18.7 Å². The number of aryl methyl sites for hydroxylation is 2. The Morgan fingerprint density at radius 2 is 1.82 bits per heavy atom. The van der Waals surface area contributed by atoms with E-state index >= 15 is 0 Å². The predicted octanol–water partition coefficient (Wildman–Crippen LogP) is -0.866. The first kappa shape index (κ1) is 16.0. The van der Waals surface area contributed by atoms with Crippen LogP contribution in [0.15, 0.2) is 6.20 Å². The Balaban J connectivity index is 2.23. The largest absolute Gasteiger partial charge is 0.369 e. The van der Waals surface area contributed by atoms with E-state index < -0.39 is 11.8 Å². The van der Waals surface area contributed by atoms with E-state index in [0.29, 0.717) is 24.3 Å². The highest BCUT2D eigenvalue weighted by Crippen LogP contribution is 2.15. The number of hydrogen-bond acceptors (Lipinski definition) is 4. The molecule has 1 aromatic rings. The van der Waals surface area contributed by atoms with Gasteiger partial charge in [-0.15, -0.1) is 0 Å². The Bertz CT molecular complexity index is 610. The third-order valence-electron chi connectivity index (χ3n) is 3.90. The highest BCUT2D eigenvalue weighted by Gasteiger charge is 2.31. The first-order valence-corrected chi connectivity index (χ1v) is 7.14. The first-order chi connectivity index (χ1) is 10.3. The highest BCUT2D eigenvalue weighted by atomic mass is 16.2. The van der Waals surface area contributed by atoms with Gasteiger partial charge in [0.15, 0.2) is 0 Å². The molecule has 1 aliphatic rings. The van der Waals surface area contributed by atoms with Crippen molar-refractivity contribution in [3.63, 3.8) is 0 Å². The van der Waals surface area contributed by atoms with Crippen LogP contribution in [0.3, 0.4) is 0 Å². The van der Waals surface area contributed by atoms with E-state index in [9.17, 15) is 14.4 Å². The molecule has 1 atom stereocenters. The SMILES string of the molecule is CC(=O)N1CCN(C(=O)c2cn(C)nc2C)C[C@H](C(N)=O)C1. The molecule has 0 unspecified atom stereocenters. The summed E-state index contributed by atoms with van der Waals surface area (Å²) in [5.74, 6) is -1.39. The number of rotatable bonds is 2. The number of aromatic nitrogens is 2. The molecule has 8 nitrogen and oxygen atoms in total. The van der Waals surface area contributed by atoms with Gasteiger partial charge in [-0.3, -0.25) is 19.1 Å². The summed E-state index contributed by atoms with van der Waals surface area (Å²) in [5, 5.41) is 4.16. The lowest BCUT2D eigenvalue weighted by atomic mass is 10.1. The Kier molecular flexibility index (Phi) is 4.48. The second kappa shape index (κ2) is 6.17. The number of nitrogens with zero attached hydrogens (tertiary/aromatic N) is 4. The molecule has 0 radical (unpaired) electrons. The van der Waals surface area contributed by atoms with E-state index in [2.05, 4.69) is 5.10 Å². The number of hydrogen-bond donors (Lipinski definition) is 1. The Morgan fingerprint density at radius 1 is 1.23 bits per heavy atom. The van der Waals surface area contributed by atoms with Crippen molar-refractivity contribution in [2.75, 3.05) is 26.2 Å². The van der Waals surface area contributed by atoms with Gasteiger partial charge in [0.25, 0.3) is 5.91 Å². The summed E-state index contributed by atoms with van der Waals surface area (Å²) >= 11 is 0. The van der Waals surface area contributed by atoms with Gasteiger partial charge in [-0.05, 0) is 6.92 Å². The Hall–Kier alpha value is -2.38. The minimum atomic E-state index is -0.563. The standard InChI is InChI=1S/C14H21N5O3/c1-9-12(8-17(3)16-9)14(22)19-5-4-18(10(2)20)6-11(7-19)13(15)21/h8,11H,4-7H2,1-3H3,(H2,15,21)/t11-/m1/s1. The van der Waals surface area contributed by atoms with E-state index in [0.717, 1.165) is 0 Å². The fraction of sp³-hybridized carbons (Fsp3) is 0.571. The van der Waals surface area contributed by atoms with Gasteiger partial charge < -0.3 is 15.5 Å². The van der Waals surface area contributed by atoms with Gasteiger partial charge in [-0.25, -0.2) is 0 Å². The molecular weight excluding hydrogens is 286 g/mol. The van der Waals surface area contributed by atoms with Crippen LogP contribution in [0.5, 0.6) is 0 Å². The van der Waals surface area contributed by atoms with Crippen LogP contribution in [-0.4, -0.2) is 63.5 Å². The van der Waals surface area contributed by atoms with Gasteiger partial charge in [0.05, 0.1) is 17.2 Å². The quantitative estimate of drug-likeness (QED) is 0.767. The second-order valence-electron chi connectivity index (χ2n) is 5.62. The topological polar surface area (TPSA) is 102 Å². The lowest BCUT2D eigenvalue weighted by Gasteiger charge is -2.22. The number of carbonyl (C=O) groups excluding carboxylic acids is 3. The molecule has 120 valence electrons. The third-order valence-corrected chi connectivity index (χ3v) is 3.90. The lowest BCUT2D eigenvalue weighted by Crippen LogP contribution is -2.41. The average Bonchev–Trinajstić information content (AvgIpc) is 2.65. The molecule has 0 spiro atoms. The summed E-state index contributed by atoms with van der Waals surface area (Å²) in [6.07, 6.45) is 1.66. The molecule has 1 fully saturated rings. The fourth-order valence-electron chi connectivity index (χ4n) is 2.64. The summed E-state index contributed by atoms with van der Waals surface area (Å²) < 4.78 is 1.58. The van der Waals surface area contributed by atoms with E-state index in [4.69, 9.17) is 5.73 Å². The van der Waals surface area contributed by atoms with Crippen molar-refractivity contribution in [3.05, 3.63) is 17.5 Å². The van der Waals surface area contributed by atoms with Crippen LogP contribution in [0.2, 0.25) is 0 Å². The van der Waals surface area contributed by atoms with Crippen LogP contribution in [0.4, 0.5) is 0 Å². The molecule has 22 heavy (non-hydrogen) atoms. The van der Waals surface area contributed by atoms with E-state index in [-0.39, 0.29) is 24.9 Å². The number of carbonyl (C=O) groups is 3. The van der Waals surface area contributed by atoms with Crippen LogP contribution >= 0.6 is 0 Å². The summed E-state index contributed by atoms with van der Waals surface area (Å²) in [7, 11) is 1.75. The summed E-state index contributed by atoms with van der Waals surface area (Å²) in [6, 6.07) is 0. The number of nitrogens with two attached hydrogens (primary N) is 1. The molecule has 0 saturated carbocycles. The zero-order chi connectivity index (χ0) is 16.4. The molecule has 2 rings (SSSR count). The molecule has 2 heterocycles. The van der Waals surface area contributed by atoms with Gasteiger partial charge in [0.1, 0.15) is 0 Å². The molecule has 0 aliphatic carbocycles. The van der Waals surface area contributed by atoms with Crippen LogP contribution in [0, 0.1) is 12.8 Å². The van der Waals surface area contributed by atoms with E-state index in [1.54, 1.807) is 34.6 Å². The van der Waals surface area contributed by atoms with Gasteiger partial charge in [0, 0.05) is 46.3 Å². The van der Waals surface area contributed by atoms with Crippen molar-refractivity contribution in [1.82, 2.24) is 19.6 Å². The molecule has 0 aromatic carbocycles. The third kappa shape index (κ3) is 3.26. The molecule has 0 bridgehead atoms. The molecule has 1 saturated heterocycles. The zero-order valence-electron chi connectivity index (χ0n) is 13.1. The molecule has 8 heteroatoms. The van der Waals surface area contributed by atoms with Gasteiger partial charge >= 0.3 is 0 Å². The van der Waals surface area contributed by atoms with Gasteiger partial charge in [-0.2, -0.15) is 5.10 Å². The smallest absolute Gasteiger partial charge is 0.257 e. The second-order valence-corrected chi connectivity index (χ2v) is 5.62. The monoisotopic (exact) mass is 307 g/mol. The molecule has 3 amide bonds. The van der Waals surface area contributed by atoms with Gasteiger partial charge in [-0.1, -0.05) is 0 Å². The van der Waals surface area contributed by atoms with E-state index in [1.807, 2.05) is 0 Å². The fourth-order valence-corrected chi connectivity index (χ4v) is 2.64. The Labute approximate surface area is 128 Å². The highest BCUT2D eigenvalue weighted by molar-refractivity contribution is 5.95. The minimum absolute atomic E-state index is 0.127.